The van der Waals surface area contributed by atoms with Crippen LogP contribution in [0.15, 0.2) is 0 Å². The molecular weight excluding hydrogens is 214 g/mol. The highest BCUT2D eigenvalue weighted by Gasteiger charge is 2.25. The molecular formula is C7H12ClNO3S. The molecule has 1 N–H and O–H groups in total. The van der Waals surface area contributed by atoms with Crippen molar-refractivity contribution in [3.63, 3.8) is 0 Å². The second-order valence-corrected chi connectivity index (χ2v) is 5.65. The van der Waals surface area contributed by atoms with E-state index < -0.39 is 9.84 Å². The summed E-state index contributed by atoms with van der Waals surface area (Å²) in [5.41, 5.74) is 0. The number of carbonyl (C=O) groups is 1. The van der Waals surface area contributed by atoms with Crippen LogP contribution in [0.4, 0.5) is 0 Å². The van der Waals surface area contributed by atoms with Gasteiger partial charge in [0.05, 0.1) is 11.5 Å². The number of hydrogen-bond acceptors (Lipinski definition) is 3. The quantitative estimate of drug-likeness (QED) is 0.669. The lowest BCUT2D eigenvalue weighted by Gasteiger charge is -2.22. The number of sulfone groups is 1. The minimum absolute atomic E-state index is 0.0512. The van der Waals surface area contributed by atoms with Gasteiger partial charge in [-0.05, 0) is 12.8 Å². The van der Waals surface area contributed by atoms with Gasteiger partial charge in [0.25, 0.3) is 0 Å². The molecule has 0 aromatic rings. The van der Waals surface area contributed by atoms with E-state index in [0.29, 0.717) is 6.42 Å². The Morgan fingerprint density at radius 1 is 1.54 bits per heavy atom. The number of carbonyl (C=O) groups excluding carboxylic acids is 1. The molecule has 1 amide bonds. The molecule has 1 unspecified atom stereocenters. The van der Waals surface area contributed by atoms with Crippen molar-refractivity contribution in [2.24, 2.45) is 0 Å². The SMILES string of the molecule is O=C(CCl)NC1CCCS(=O)(=O)C1. The van der Waals surface area contributed by atoms with Crippen molar-refractivity contribution in [2.45, 2.75) is 18.9 Å². The van der Waals surface area contributed by atoms with Gasteiger partial charge in [-0.2, -0.15) is 0 Å². The molecule has 4 nitrogen and oxygen atoms in total. The Kier molecular flexibility index (Phi) is 3.55. The molecule has 1 saturated heterocycles. The maximum Gasteiger partial charge on any atom is 0.235 e. The smallest absolute Gasteiger partial charge is 0.235 e. The third-order valence-corrected chi connectivity index (χ3v) is 4.01. The molecule has 0 aromatic heterocycles. The van der Waals surface area contributed by atoms with E-state index in [2.05, 4.69) is 5.32 Å². The van der Waals surface area contributed by atoms with Crippen LogP contribution in [0.1, 0.15) is 12.8 Å². The highest BCUT2D eigenvalue weighted by atomic mass is 35.5. The van der Waals surface area contributed by atoms with Gasteiger partial charge < -0.3 is 5.32 Å². The monoisotopic (exact) mass is 225 g/mol. The molecule has 13 heavy (non-hydrogen) atoms. The molecule has 0 aliphatic carbocycles. The Labute approximate surface area is 82.6 Å². The zero-order valence-corrected chi connectivity index (χ0v) is 8.70. The van der Waals surface area contributed by atoms with E-state index in [1.165, 1.54) is 0 Å². The number of amides is 1. The van der Waals surface area contributed by atoms with Gasteiger partial charge in [-0.15, -0.1) is 11.6 Å². The van der Waals surface area contributed by atoms with Crippen LogP contribution >= 0.6 is 11.6 Å². The Balaban J connectivity index is 2.48. The number of halogens is 1. The van der Waals surface area contributed by atoms with E-state index in [1.807, 2.05) is 0 Å². The molecule has 0 radical (unpaired) electrons. The van der Waals surface area contributed by atoms with Crippen LogP contribution in [0.25, 0.3) is 0 Å². The standard InChI is InChI=1S/C7H12ClNO3S/c8-4-7(10)9-6-2-1-3-13(11,12)5-6/h6H,1-5H2,(H,9,10). The van der Waals surface area contributed by atoms with Crippen molar-refractivity contribution in [3.8, 4) is 0 Å². The summed E-state index contributed by atoms with van der Waals surface area (Å²) < 4.78 is 22.3. The first-order valence-corrected chi connectivity index (χ1v) is 6.45. The number of nitrogens with one attached hydrogen (secondary N) is 1. The van der Waals surface area contributed by atoms with Crippen molar-refractivity contribution < 1.29 is 13.2 Å². The lowest BCUT2D eigenvalue weighted by atomic mass is 10.2. The van der Waals surface area contributed by atoms with Crippen LogP contribution in [0, 0.1) is 0 Å². The minimum Gasteiger partial charge on any atom is -0.351 e. The van der Waals surface area contributed by atoms with E-state index in [-0.39, 0.29) is 29.3 Å². The summed E-state index contributed by atoms with van der Waals surface area (Å²) in [6, 6.07) is -0.245. The first kappa shape index (κ1) is 10.8. The minimum atomic E-state index is -2.94. The molecule has 1 atom stereocenters. The summed E-state index contributed by atoms with van der Waals surface area (Å²) in [4.78, 5) is 10.9. The molecule has 76 valence electrons. The van der Waals surface area contributed by atoms with E-state index >= 15 is 0 Å². The Hall–Kier alpha value is -0.290. The average Bonchev–Trinajstić information content (AvgIpc) is 2.02. The van der Waals surface area contributed by atoms with Crippen molar-refractivity contribution in [3.05, 3.63) is 0 Å². The van der Waals surface area contributed by atoms with Crippen molar-refractivity contribution in [1.29, 1.82) is 0 Å². The van der Waals surface area contributed by atoms with Gasteiger partial charge in [-0.1, -0.05) is 0 Å². The Morgan fingerprint density at radius 2 is 2.23 bits per heavy atom. The largest absolute Gasteiger partial charge is 0.351 e. The van der Waals surface area contributed by atoms with E-state index in [1.54, 1.807) is 0 Å². The average molecular weight is 226 g/mol. The third-order valence-electron chi connectivity index (χ3n) is 1.95. The maximum absolute atomic E-state index is 11.1. The fraction of sp³-hybridized carbons (Fsp3) is 0.857. The van der Waals surface area contributed by atoms with Crippen molar-refractivity contribution in [2.75, 3.05) is 17.4 Å². The topological polar surface area (TPSA) is 63.2 Å². The van der Waals surface area contributed by atoms with E-state index in [9.17, 15) is 13.2 Å². The van der Waals surface area contributed by atoms with Gasteiger partial charge in [0.2, 0.25) is 5.91 Å². The molecule has 0 spiro atoms. The third kappa shape index (κ3) is 3.52. The van der Waals surface area contributed by atoms with Crippen LogP contribution in [0.2, 0.25) is 0 Å². The van der Waals surface area contributed by atoms with Gasteiger partial charge in [0.15, 0.2) is 9.84 Å². The number of alkyl halides is 1. The van der Waals surface area contributed by atoms with Crippen molar-refractivity contribution in [1.82, 2.24) is 5.32 Å². The summed E-state index contributed by atoms with van der Waals surface area (Å²) in [6.07, 6.45) is 1.34. The molecule has 1 aliphatic heterocycles. The zero-order valence-electron chi connectivity index (χ0n) is 7.12. The van der Waals surface area contributed by atoms with Gasteiger partial charge >= 0.3 is 0 Å². The maximum atomic E-state index is 11.1. The second-order valence-electron chi connectivity index (χ2n) is 3.15. The van der Waals surface area contributed by atoms with Crippen LogP contribution in [-0.4, -0.2) is 37.8 Å². The van der Waals surface area contributed by atoms with Gasteiger partial charge in [0.1, 0.15) is 5.88 Å². The first-order valence-electron chi connectivity index (χ1n) is 4.09. The van der Waals surface area contributed by atoms with Crippen molar-refractivity contribution >= 4 is 27.3 Å². The van der Waals surface area contributed by atoms with E-state index in [4.69, 9.17) is 11.6 Å². The molecule has 1 rings (SSSR count). The van der Waals surface area contributed by atoms with Gasteiger partial charge in [0, 0.05) is 6.04 Å². The first-order chi connectivity index (χ1) is 6.03. The normalized spacial score (nSPS) is 26.7. The lowest BCUT2D eigenvalue weighted by molar-refractivity contribution is -0.119. The summed E-state index contributed by atoms with van der Waals surface area (Å²) >= 11 is 5.28. The Morgan fingerprint density at radius 3 is 2.77 bits per heavy atom. The summed E-state index contributed by atoms with van der Waals surface area (Å²) in [5.74, 6) is -0.129. The highest BCUT2D eigenvalue weighted by molar-refractivity contribution is 7.91. The predicted molar refractivity (Wildman–Crippen MR) is 50.5 cm³/mol. The molecule has 1 aliphatic rings. The lowest BCUT2D eigenvalue weighted by Crippen LogP contribution is -2.43. The fourth-order valence-corrected chi connectivity index (χ4v) is 3.12. The second kappa shape index (κ2) is 4.28. The zero-order chi connectivity index (χ0) is 9.90. The molecule has 1 heterocycles. The van der Waals surface area contributed by atoms with E-state index in [0.717, 1.165) is 6.42 Å². The van der Waals surface area contributed by atoms with Crippen LogP contribution in [0.3, 0.4) is 0 Å². The number of hydrogen-bond donors (Lipinski definition) is 1. The molecule has 1 fully saturated rings. The summed E-state index contributed by atoms with van der Waals surface area (Å²) in [5, 5.41) is 2.57. The van der Waals surface area contributed by atoms with Crippen LogP contribution in [-0.2, 0) is 14.6 Å². The molecule has 0 bridgehead atoms. The number of rotatable bonds is 2. The summed E-state index contributed by atoms with van der Waals surface area (Å²) in [6.45, 7) is 0. The molecule has 6 heteroatoms. The Bertz CT molecular complexity index is 288. The predicted octanol–water partition coefficient (Wildman–Crippen LogP) is -0.0814. The van der Waals surface area contributed by atoms with Gasteiger partial charge in [-0.25, -0.2) is 8.42 Å². The van der Waals surface area contributed by atoms with Crippen LogP contribution < -0.4 is 5.32 Å². The molecule has 0 aromatic carbocycles. The summed E-state index contributed by atoms with van der Waals surface area (Å²) in [7, 11) is -2.94. The fourth-order valence-electron chi connectivity index (χ4n) is 1.40. The highest BCUT2D eigenvalue weighted by Crippen LogP contribution is 2.11. The molecule has 0 saturated carbocycles. The van der Waals surface area contributed by atoms with Gasteiger partial charge in [-0.3, -0.25) is 4.79 Å². The van der Waals surface area contributed by atoms with Crippen LogP contribution in [0.5, 0.6) is 0 Å².